The molecule has 1 atom stereocenters. The number of nitrogens with one attached hydrogen (secondary N) is 2. The Hall–Kier alpha value is -2.96. The van der Waals surface area contributed by atoms with Gasteiger partial charge >= 0.3 is 0 Å². The van der Waals surface area contributed by atoms with Gasteiger partial charge in [0.05, 0.1) is 5.69 Å². The van der Waals surface area contributed by atoms with E-state index >= 15 is 0 Å². The van der Waals surface area contributed by atoms with Crippen LogP contribution in [0.4, 0.5) is 5.69 Å². The first-order valence-electron chi connectivity index (χ1n) is 9.18. The van der Waals surface area contributed by atoms with E-state index in [9.17, 15) is 0 Å². The predicted molar refractivity (Wildman–Crippen MR) is 119 cm³/mol. The van der Waals surface area contributed by atoms with Crippen LogP contribution in [0.25, 0.3) is 11.1 Å². The first-order chi connectivity index (χ1) is 13.7. The number of thiocarbonyl (C=S) groups is 2. The molecule has 1 unspecified atom stereocenters. The van der Waals surface area contributed by atoms with E-state index in [-0.39, 0.29) is 6.17 Å². The molecule has 2 N–H and O–H groups in total. The van der Waals surface area contributed by atoms with Crippen molar-refractivity contribution in [2.75, 3.05) is 5.01 Å². The van der Waals surface area contributed by atoms with Crippen LogP contribution < -0.4 is 15.6 Å². The maximum atomic E-state index is 5.83. The Morgan fingerprint density at radius 3 is 1.93 bits per heavy atom. The summed E-state index contributed by atoms with van der Waals surface area (Å²) in [4.78, 5) is 0. The van der Waals surface area contributed by atoms with Crippen LogP contribution in [0, 0.1) is 0 Å². The summed E-state index contributed by atoms with van der Waals surface area (Å²) in [6.45, 7) is 0. The summed E-state index contributed by atoms with van der Waals surface area (Å²) in [5.41, 5.74) is 5.41. The Balaban J connectivity index is 1.58. The zero-order chi connectivity index (χ0) is 18.9. The highest BCUT2D eigenvalue weighted by Gasteiger charge is 2.61. The third kappa shape index (κ3) is 1.84. The van der Waals surface area contributed by atoms with E-state index in [1.807, 2.05) is 35.3 Å². The molecule has 3 aromatic rings. The van der Waals surface area contributed by atoms with Gasteiger partial charge in [0.25, 0.3) is 0 Å². The molecule has 1 aliphatic carbocycles. The summed E-state index contributed by atoms with van der Waals surface area (Å²) < 4.78 is 0. The van der Waals surface area contributed by atoms with Crippen molar-refractivity contribution in [3.05, 3.63) is 90.0 Å². The SMILES string of the molecule is S=C1NC2N(C(=S)NC23c2ccccc2-c2ccccc23)N1c1ccccc1. The minimum atomic E-state index is -0.488. The second-order valence-electron chi connectivity index (χ2n) is 7.17. The van der Waals surface area contributed by atoms with Gasteiger partial charge in [-0.3, -0.25) is 0 Å². The second-order valence-corrected chi connectivity index (χ2v) is 7.95. The summed E-state index contributed by atoms with van der Waals surface area (Å²) in [7, 11) is 0. The standard InChI is InChI=1S/C22H16N4S2/c27-20-23-19-22(24-21(28)26(19)25(20)14-8-2-1-3-9-14)17-12-6-4-10-15(17)16-11-5-7-13-18(16)22/h1-13,19H,(H,23,27)(H,24,28). The molecular weight excluding hydrogens is 384 g/mol. The van der Waals surface area contributed by atoms with Crippen molar-refractivity contribution in [2.45, 2.75) is 11.7 Å². The van der Waals surface area contributed by atoms with Crippen molar-refractivity contribution in [2.24, 2.45) is 0 Å². The fourth-order valence-electron chi connectivity index (χ4n) is 4.76. The Bertz CT molecular complexity index is 1100. The molecule has 4 nitrogen and oxygen atoms in total. The van der Waals surface area contributed by atoms with Crippen LogP contribution in [0.15, 0.2) is 78.9 Å². The van der Waals surface area contributed by atoms with Crippen molar-refractivity contribution < 1.29 is 0 Å². The van der Waals surface area contributed by atoms with Gasteiger partial charge in [-0.25, -0.2) is 10.0 Å². The first-order valence-corrected chi connectivity index (χ1v) is 10.00. The monoisotopic (exact) mass is 400 g/mol. The molecule has 2 aliphatic heterocycles. The van der Waals surface area contributed by atoms with Gasteiger partial charge < -0.3 is 10.6 Å². The molecular formula is C22H16N4S2. The molecule has 2 saturated heterocycles. The molecule has 0 bridgehead atoms. The van der Waals surface area contributed by atoms with Gasteiger partial charge in [0.1, 0.15) is 5.54 Å². The zero-order valence-corrected chi connectivity index (χ0v) is 16.4. The molecule has 0 amide bonds. The van der Waals surface area contributed by atoms with E-state index in [0.717, 1.165) is 5.69 Å². The molecule has 3 aliphatic rings. The number of hydrogen-bond acceptors (Lipinski definition) is 2. The van der Waals surface area contributed by atoms with Gasteiger partial charge in [-0.05, 0) is 58.8 Å². The van der Waals surface area contributed by atoms with Crippen molar-refractivity contribution in [3.63, 3.8) is 0 Å². The van der Waals surface area contributed by atoms with Crippen molar-refractivity contribution >= 4 is 40.3 Å². The fraction of sp³-hybridized carbons (Fsp3) is 0.0909. The maximum Gasteiger partial charge on any atom is 0.194 e. The lowest BCUT2D eigenvalue weighted by Gasteiger charge is -2.32. The number of para-hydroxylation sites is 1. The van der Waals surface area contributed by atoms with E-state index in [4.69, 9.17) is 24.4 Å². The van der Waals surface area contributed by atoms with Gasteiger partial charge in [-0.2, -0.15) is 0 Å². The van der Waals surface area contributed by atoms with Crippen LogP contribution in [0.1, 0.15) is 11.1 Å². The number of hydrazine groups is 1. The average Bonchev–Trinajstić information content (AvgIpc) is 3.32. The lowest BCUT2D eigenvalue weighted by atomic mass is 9.85. The van der Waals surface area contributed by atoms with E-state index in [0.29, 0.717) is 10.2 Å². The normalized spacial score (nSPS) is 20.6. The molecule has 1 spiro atoms. The van der Waals surface area contributed by atoms with Crippen LogP contribution >= 0.6 is 24.4 Å². The van der Waals surface area contributed by atoms with Crippen LogP contribution in [-0.4, -0.2) is 21.4 Å². The van der Waals surface area contributed by atoms with E-state index < -0.39 is 5.54 Å². The van der Waals surface area contributed by atoms with Crippen molar-refractivity contribution in [1.82, 2.24) is 15.6 Å². The number of fused-ring (bicyclic) bond motifs is 7. The highest BCUT2D eigenvalue weighted by molar-refractivity contribution is 7.81. The molecule has 2 fully saturated rings. The number of benzene rings is 3. The van der Waals surface area contributed by atoms with Gasteiger partial charge in [0.15, 0.2) is 16.4 Å². The third-order valence-electron chi connectivity index (χ3n) is 5.83. The summed E-state index contributed by atoms with van der Waals surface area (Å²) in [6, 6.07) is 27.2. The molecule has 136 valence electrons. The van der Waals surface area contributed by atoms with Gasteiger partial charge in [0, 0.05) is 0 Å². The topological polar surface area (TPSA) is 30.5 Å². The fourth-order valence-corrected chi connectivity index (χ4v) is 5.41. The first kappa shape index (κ1) is 16.0. The summed E-state index contributed by atoms with van der Waals surface area (Å²) in [5, 5.41) is 12.6. The number of hydrogen-bond donors (Lipinski definition) is 2. The largest absolute Gasteiger partial charge is 0.344 e. The Morgan fingerprint density at radius 1 is 0.714 bits per heavy atom. The highest BCUT2D eigenvalue weighted by atomic mass is 32.1. The van der Waals surface area contributed by atoms with E-state index in [2.05, 4.69) is 64.2 Å². The predicted octanol–water partition coefficient (Wildman–Crippen LogP) is 3.74. The van der Waals surface area contributed by atoms with E-state index in [1.54, 1.807) is 0 Å². The number of rotatable bonds is 1. The minimum Gasteiger partial charge on any atom is -0.344 e. The molecule has 6 rings (SSSR count). The molecule has 0 saturated carbocycles. The Kier molecular flexibility index (Phi) is 3.17. The minimum absolute atomic E-state index is 0.141. The highest BCUT2D eigenvalue weighted by Crippen LogP contribution is 2.53. The lowest BCUT2D eigenvalue weighted by molar-refractivity contribution is 0.288. The van der Waals surface area contributed by atoms with Crippen LogP contribution in [0.5, 0.6) is 0 Å². The zero-order valence-electron chi connectivity index (χ0n) is 14.8. The third-order valence-corrected chi connectivity index (χ3v) is 6.41. The Morgan fingerprint density at radius 2 is 1.29 bits per heavy atom. The van der Waals surface area contributed by atoms with Crippen LogP contribution in [0.2, 0.25) is 0 Å². The van der Waals surface area contributed by atoms with Crippen LogP contribution in [0.3, 0.4) is 0 Å². The maximum absolute atomic E-state index is 5.83. The molecule has 0 radical (unpaired) electrons. The molecule has 2 heterocycles. The number of anilines is 1. The molecule has 28 heavy (non-hydrogen) atoms. The van der Waals surface area contributed by atoms with Gasteiger partial charge in [-0.15, -0.1) is 0 Å². The summed E-state index contributed by atoms with van der Waals surface area (Å²) in [5.74, 6) is 0. The van der Waals surface area contributed by atoms with Crippen LogP contribution in [-0.2, 0) is 5.54 Å². The Labute approximate surface area is 173 Å². The van der Waals surface area contributed by atoms with Crippen molar-refractivity contribution in [1.29, 1.82) is 0 Å². The van der Waals surface area contributed by atoms with Gasteiger partial charge in [-0.1, -0.05) is 66.7 Å². The molecule has 6 heteroatoms. The number of nitrogens with zero attached hydrogens (tertiary/aromatic N) is 2. The van der Waals surface area contributed by atoms with E-state index in [1.165, 1.54) is 22.3 Å². The summed E-state index contributed by atoms with van der Waals surface area (Å²) >= 11 is 11.6. The van der Waals surface area contributed by atoms with Gasteiger partial charge in [0.2, 0.25) is 0 Å². The lowest BCUT2D eigenvalue weighted by Crippen LogP contribution is -2.51. The smallest absolute Gasteiger partial charge is 0.194 e. The summed E-state index contributed by atoms with van der Waals surface area (Å²) in [6.07, 6.45) is -0.141. The molecule has 3 aromatic carbocycles. The second kappa shape index (κ2) is 5.53. The average molecular weight is 401 g/mol. The quantitative estimate of drug-likeness (QED) is 0.605. The van der Waals surface area contributed by atoms with Crippen molar-refractivity contribution in [3.8, 4) is 11.1 Å². The molecule has 0 aromatic heterocycles.